The van der Waals surface area contributed by atoms with E-state index >= 15 is 0 Å². The summed E-state index contributed by atoms with van der Waals surface area (Å²) in [7, 11) is 1.57. The second-order valence-electron chi connectivity index (χ2n) is 5.91. The lowest BCUT2D eigenvalue weighted by Crippen LogP contribution is -2.29. The van der Waals surface area contributed by atoms with Gasteiger partial charge in [-0.15, -0.1) is 0 Å². The van der Waals surface area contributed by atoms with Crippen LogP contribution in [0.25, 0.3) is 11.2 Å². The SMILES string of the molecule is C/C(Cl)=C/Cn1c(NCCCn2ccnc2)nc2c1c(=O)[nH]c(=O)n2C. The maximum absolute atomic E-state index is 12.3. The van der Waals surface area contributed by atoms with E-state index in [0.717, 1.165) is 13.0 Å². The molecule has 2 N–H and O–H groups in total. The number of hydrogen-bond acceptors (Lipinski definition) is 5. The fourth-order valence-corrected chi connectivity index (χ4v) is 2.71. The van der Waals surface area contributed by atoms with Crippen molar-refractivity contribution in [2.24, 2.45) is 7.05 Å². The molecule has 3 aromatic heterocycles. The Kier molecular flexibility index (Phi) is 5.27. The van der Waals surface area contributed by atoms with Crippen molar-refractivity contribution in [2.75, 3.05) is 11.9 Å². The summed E-state index contributed by atoms with van der Waals surface area (Å²) < 4.78 is 5.02. The largest absolute Gasteiger partial charge is 0.356 e. The molecule has 0 spiro atoms. The van der Waals surface area contributed by atoms with E-state index in [0.29, 0.717) is 35.2 Å². The number of aromatic nitrogens is 6. The third-order valence-electron chi connectivity index (χ3n) is 4.00. The Morgan fingerprint density at radius 2 is 2.23 bits per heavy atom. The molecule has 0 saturated carbocycles. The lowest BCUT2D eigenvalue weighted by Gasteiger charge is -2.09. The van der Waals surface area contributed by atoms with Gasteiger partial charge in [0.15, 0.2) is 11.2 Å². The topological polar surface area (TPSA) is 103 Å². The van der Waals surface area contributed by atoms with Gasteiger partial charge in [-0.25, -0.2) is 9.78 Å². The Morgan fingerprint density at radius 3 is 2.92 bits per heavy atom. The molecular formula is C16H20ClN7O2. The quantitative estimate of drug-likeness (QED) is 0.603. The second-order valence-corrected chi connectivity index (χ2v) is 6.50. The highest BCUT2D eigenvalue weighted by Crippen LogP contribution is 2.16. The summed E-state index contributed by atoms with van der Waals surface area (Å²) in [6, 6.07) is 0. The van der Waals surface area contributed by atoms with Gasteiger partial charge in [-0.1, -0.05) is 17.7 Å². The number of aromatic amines is 1. The van der Waals surface area contributed by atoms with Crippen LogP contribution in [0.1, 0.15) is 13.3 Å². The van der Waals surface area contributed by atoms with Crippen molar-refractivity contribution >= 4 is 28.7 Å². The van der Waals surface area contributed by atoms with Crippen LogP contribution in [0.2, 0.25) is 0 Å². The number of halogens is 1. The molecule has 9 nitrogen and oxygen atoms in total. The number of fused-ring (bicyclic) bond motifs is 1. The van der Waals surface area contributed by atoms with Crippen molar-refractivity contribution in [1.29, 1.82) is 0 Å². The fourth-order valence-electron chi connectivity index (χ4n) is 2.65. The molecule has 3 aromatic rings. The van der Waals surface area contributed by atoms with Crippen molar-refractivity contribution < 1.29 is 0 Å². The molecule has 138 valence electrons. The summed E-state index contributed by atoms with van der Waals surface area (Å²) in [6.45, 7) is 3.60. The minimum atomic E-state index is -0.497. The molecule has 0 radical (unpaired) electrons. The number of hydrogen-bond donors (Lipinski definition) is 2. The highest BCUT2D eigenvalue weighted by atomic mass is 35.5. The van der Waals surface area contributed by atoms with Gasteiger partial charge in [0.25, 0.3) is 5.56 Å². The van der Waals surface area contributed by atoms with E-state index in [-0.39, 0.29) is 0 Å². The Bertz CT molecular complexity index is 1040. The molecule has 0 aliphatic rings. The van der Waals surface area contributed by atoms with Gasteiger partial charge in [0.1, 0.15) is 0 Å². The summed E-state index contributed by atoms with van der Waals surface area (Å²) in [5.74, 6) is 0.520. The molecule has 0 atom stereocenters. The predicted octanol–water partition coefficient (Wildman–Crippen LogP) is 1.26. The number of allylic oxidation sites excluding steroid dienone is 2. The maximum Gasteiger partial charge on any atom is 0.329 e. The molecule has 0 amide bonds. The number of nitrogens with zero attached hydrogens (tertiary/aromatic N) is 5. The Labute approximate surface area is 154 Å². The Hall–Kier alpha value is -2.81. The normalized spacial score (nSPS) is 12.0. The highest BCUT2D eigenvalue weighted by molar-refractivity contribution is 6.29. The zero-order chi connectivity index (χ0) is 18.7. The molecule has 3 heterocycles. The molecule has 3 rings (SSSR count). The minimum Gasteiger partial charge on any atom is -0.356 e. The van der Waals surface area contributed by atoms with Crippen LogP contribution >= 0.6 is 11.6 Å². The summed E-state index contributed by atoms with van der Waals surface area (Å²) in [5, 5.41) is 3.85. The zero-order valence-corrected chi connectivity index (χ0v) is 15.3. The second kappa shape index (κ2) is 7.61. The molecule has 0 bridgehead atoms. The highest BCUT2D eigenvalue weighted by Gasteiger charge is 2.16. The third kappa shape index (κ3) is 3.72. The Balaban J connectivity index is 1.89. The van der Waals surface area contributed by atoms with Gasteiger partial charge in [-0.2, -0.15) is 4.98 Å². The summed E-state index contributed by atoms with van der Waals surface area (Å²) >= 11 is 5.94. The van der Waals surface area contributed by atoms with Crippen LogP contribution in [0.4, 0.5) is 5.95 Å². The standard InChI is InChI=1S/C16H20ClN7O2/c1-11(17)4-8-24-12-13(22(2)16(26)21-14(12)25)20-15(24)19-5-3-7-23-9-6-18-10-23/h4,6,9-10H,3,5,7-8H2,1-2H3,(H,19,20)(H,21,25,26)/b11-4-. The van der Waals surface area contributed by atoms with E-state index in [1.165, 1.54) is 4.57 Å². The summed E-state index contributed by atoms with van der Waals surface area (Å²) in [4.78, 5) is 34.9. The minimum absolute atomic E-state index is 0.330. The van der Waals surface area contributed by atoms with Crippen molar-refractivity contribution in [2.45, 2.75) is 26.4 Å². The lowest BCUT2D eigenvalue weighted by molar-refractivity contribution is 0.657. The van der Waals surface area contributed by atoms with Gasteiger partial charge in [0.2, 0.25) is 5.95 Å². The van der Waals surface area contributed by atoms with E-state index in [2.05, 4.69) is 20.3 Å². The fraction of sp³-hybridized carbons (Fsp3) is 0.375. The van der Waals surface area contributed by atoms with Crippen molar-refractivity contribution in [3.05, 3.63) is 50.7 Å². The van der Waals surface area contributed by atoms with E-state index in [1.807, 2.05) is 10.8 Å². The monoisotopic (exact) mass is 377 g/mol. The van der Waals surface area contributed by atoms with Crippen LogP contribution in [-0.4, -0.2) is 35.2 Å². The van der Waals surface area contributed by atoms with Gasteiger partial charge < -0.3 is 14.5 Å². The van der Waals surface area contributed by atoms with E-state index in [1.54, 1.807) is 37.1 Å². The van der Waals surface area contributed by atoms with Crippen LogP contribution < -0.4 is 16.6 Å². The number of anilines is 1. The molecule has 0 aliphatic carbocycles. The van der Waals surface area contributed by atoms with Gasteiger partial charge in [0, 0.05) is 44.1 Å². The first kappa shape index (κ1) is 18.0. The van der Waals surface area contributed by atoms with E-state index < -0.39 is 11.2 Å². The number of rotatable bonds is 7. The first-order valence-electron chi connectivity index (χ1n) is 8.19. The number of nitrogens with one attached hydrogen (secondary N) is 2. The van der Waals surface area contributed by atoms with E-state index in [4.69, 9.17) is 11.6 Å². The van der Waals surface area contributed by atoms with Gasteiger partial charge >= 0.3 is 5.69 Å². The van der Waals surface area contributed by atoms with Crippen molar-refractivity contribution in [3.63, 3.8) is 0 Å². The smallest absolute Gasteiger partial charge is 0.329 e. The average molecular weight is 378 g/mol. The summed E-state index contributed by atoms with van der Waals surface area (Å²) in [5.41, 5.74) is -0.305. The number of aryl methyl sites for hydroxylation is 2. The number of H-pyrrole nitrogens is 1. The Morgan fingerprint density at radius 1 is 1.42 bits per heavy atom. The maximum atomic E-state index is 12.3. The number of imidazole rings is 2. The van der Waals surface area contributed by atoms with Crippen molar-refractivity contribution in [1.82, 2.24) is 28.7 Å². The molecule has 0 aliphatic heterocycles. The molecule has 0 fully saturated rings. The van der Waals surface area contributed by atoms with Crippen LogP contribution in [0.5, 0.6) is 0 Å². The molecule has 0 aromatic carbocycles. The first-order chi connectivity index (χ1) is 12.5. The van der Waals surface area contributed by atoms with Gasteiger partial charge in [-0.3, -0.25) is 14.3 Å². The molecule has 0 unspecified atom stereocenters. The van der Waals surface area contributed by atoms with Crippen molar-refractivity contribution in [3.8, 4) is 0 Å². The predicted molar refractivity (Wildman–Crippen MR) is 101 cm³/mol. The van der Waals surface area contributed by atoms with Gasteiger partial charge in [0.05, 0.1) is 6.33 Å². The molecule has 26 heavy (non-hydrogen) atoms. The first-order valence-corrected chi connectivity index (χ1v) is 8.56. The van der Waals surface area contributed by atoms with Gasteiger partial charge in [-0.05, 0) is 13.3 Å². The lowest BCUT2D eigenvalue weighted by atomic mass is 10.4. The molecule has 0 saturated heterocycles. The zero-order valence-electron chi connectivity index (χ0n) is 14.6. The molecule has 10 heteroatoms. The van der Waals surface area contributed by atoms with E-state index in [9.17, 15) is 9.59 Å². The third-order valence-corrected chi connectivity index (χ3v) is 4.15. The van der Waals surface area contributed by atoms with Crippen LogP contribution in [-0.2, 0) is 20.1 Å². The van der Waals surface area contributed by atoms with Crippen LogP contribution in [0.15, 0.2) is 39.4 Å². The average Bonchev–Trinajstić information content (AvgIpc) is 3.22. The van der Waals surface area contributed by atoms with Crippen LogP contribution in [0, 0.1) is 0 Å². The summed E-state index contributed by atoms with van der Waals surface area (Å²) in [6.07, 6.45) is 8.03. The van der Waals surface area contributed by atoms with Crippen LogP contribution in [0.3, 0.4) is 0 Å². The molecular weight excluding hydrogens is 358 g/mol.